The lowest BCUT2D eigenvalue weighted by Gasteiger charge is -2.41. The number of aromatic nitrogens is 2. The monoisotopic (exact) mass is 426 g/mol. The Morgan fingerprint density at radius 3 is 2.39 bits per heavy atom. The summed E-state index contributed by atoms with van der Waals surface area (Å²) in [6.07, 6.45) is 3.05. The highest BCUT2D eigenvalue weighted by molar-refractivity contribution is 6.00. The first kappa shape index (κ1) is 20.3. The second-order valence-electron chi connectivity index (χ2n) is 8.86. The molecule has 0 spiro atoms. The first-order valence-electron chi connectivity index (χ1n) is 11.3. The number of piperidine rings is 2. The van der Waals surface area contributed by atoms with E-state index >= 15 is 0 Å². The number of fused-ring (bicyclic) bond motifs is 1. The number of nitrogens with one attached hydrogen (secondary N) is 2. The van der Waals surface area contributed by atoms with Crippen LogP contribution < -0.4 is 21.2 Å². The maximum absolute atomic E-state index is 13.0. The van der Waals surface area contributed by atoms with Gasteiger partial charge in [0.2, 0.25) is 11.8 Å². The number of carbonyl (C=O) groups is 2. The SMILES string of the molecule is Cn1c(=O)n(C2CCC(=O)NC2=O)c2ccc(N3CCN(C4CCNCC4)CC3)cc21. The molecule has 9 nitrogen and oxygen atoms in total. The van der Waals surface area contributed by atoms with E-state index < -0.39 is 11.9 Å². The lowest BCUT2D eigenvalue weighted by atomic mass is 10.0. The summed E-state index contributed by atoms with van der Waals surface area (Å²) in [5.41, 5.74) is 2.43. The summed E-state index contributed by atoms with van der Waals surface area (Å²) in [6, 6.07) is 6.08. The molecule has 0 aliphatic carbocycles. The van der Waals surface area contributed by atoms with E-state index in [2.05, 4.69) is 26.5 Å². The van der Waals surface area contributed by atoms with Crippen molar-refractivity contribution in [3.05, 3.63) is 28.7 Å². The van der Waals surface area contributed by atoms with Crippen molar-refractivity contribution >= 4 is 28.5 Å². The number of piperazine rings is 1. The van der Waals surface area contributed by atoms with Crippen molar-refractivity contribution in [3.63, 3.8) is 0 Å². The molecule has 1 aromatic heterocycles. The van der Waals surface area contributed by atoms with Gasteiger partial charge in [-0.15, -0.1) is 0 Å². The lowest BCUT2D eigenvalue weighted by molar-refractivity contribution is -0.135. The van der Waals surface area contributed by atoms with E-state index in [4.69, 9.17) is 0 Å². The van der Waals surface area contributed by atoms with Gasteiger partial charge in [0.05, 0.1) is 11.0 Å². The van der Waals surface area contributed by atoms with Crippen molar-refractivity contribution in [1.82, 2.24) is 24.7 Å². The number of anilines is 1. The van der Waals surface area contributed by atoms with Crippen LogP contribution in [0.5, 0.6) is 0 Å². The van der Waals surface area contributed by atoms with Gasteiger partial charge in [-0.1, -0.05) is 0 Å². The molecular weight excluding hydrogens is 396 g/mol. The fraction of sp³-hybridized carbons (Fsp3) is 0.591. The van der Waals surface area contributed by atoms with Crippen molar-refractivity contribution < 1.29 is 9.59 Å². The third-order valence-electron chi connectivity index (χ3n) is 7.10. The van der Waals surface area contributed by atoms with Crippen LogP contribution in [0.3, 0.4) is 0 Å². The lowest BCUT2D eigenvalue weighted by Crippen LogP contribution is -2.52. The second kappa shape index (κ2) is 8.12. The maximum atomic E-state index is 13.0. The smallest absolute Gasteiger partial charge is 0.329 e. The van der Waals surface area contributed by atoms with Crippen molar-refractivity contribution in [2.75, 3.05) is 44.2 Å². The summed E-state index contributed by atoms with van der Waals surface area (Å²) in [6.45, 7) is 6.27. The average molecular weight is 427 g/mol. The van der Waals surface area contributed by atoms with Gasteiger partial charge in [0.25, 0.3) is 0 Å². The predicted octanol–water partition coefficient (Wildman–Crippen LogP) is 0.192. The molecule has 3 aliphatic rings. The minimum absolute atomic E-state index is 0.225. The Morgan fingerprint density at radius 2 is 1.68 bits per heavy atom. The zero-order chi connectivity index (χ0) is 21.5. The summed E-state index contributed by atoms with van der Waals surface area (Å²) < 4.78 is 3.14. The molecule has 0 bridgehead atoms. The largest absolute Gasteiger partial charge is 0.369 e. The van der Waals surface area contributed by atoms with Crippen LogP contribution in [0, 0.1) is 0 Å². The molecule has 31 heavy (non-hydrogen) atoms. The summed E-state index contributed by atoms with van der Waals surface area (Å²) in [4.78, 5) is 41.8. The number of carbonyl (C=O) groups excluding carboxylic acids is 2. The van der Waals surface area contributed by atoms with E-state index in [0.29, 0.717) is 12.5 Å². The van der Waals surface area contributed by atoms with E-state index in [1.165, 1.54) is 17.4 Å². The van der Waals surface area contributed by atoms with Gasteiger partial charge in [-0.3, -0.25) is 28.9 Å². The van der Waals surface area contributed by atoms with E-state index in [1.54, 1.807) is 11.6 Å². The molecule has 1 atom stereocenters. The minimum atomic E-state index is -0.645. The normalized spacial score (nSPS) is 24.0. The molecule has 3 fully saturated rings. The molecule has 9 heteroatoms. The Hall–Kier alpha value is -2.65. The van der Waals surface area contributed by atoms with Gasteiger partial charge in [-0.2, -0.15) is 0 Å². The van der Waals surface area contributed by atoms with Crippen molar-refractivity contribution in [1.29, 1.82) is 0 Å². The molecule has 4 heterocycles. The number of rotatable bonds is 3. The van der Waals surface area contributed by atoms with Crippen LogP contribution in [0.2, 0.25) is 0 Å². The Labute approximate surface area is 181 Å². The highest BCUT2D eigenvalue weighted by Gasteiger charge is 2.31. The Morgan fingerprint density at radius 1 is 0.935 bits per heavy atom. The maximum Gasteiger partial charge on any atom is 0.329 e. The summed E-state index contributed by atoms with van der Waals surface area (Å²) >= 11 is 0. The average Bonchev–Trinajstić information content (AvgIpc) is 3.04. The first-order chi connectivity index (χ1) is 15.0. The van der Waals surface area contributed by atoms with Crippen LogP contribution in [0.4, 0.5) is 5.69 Å². The molecule has 0 saturated carbocycles. The number of imide groups is 1. The van der Waals surface area contributed by atoms with Gasteiger partial charge in [-0.25, -0.2) is 4.79 Å². The van der Waals surface area contributed by atoms with Crippen molar-refractivity contribution in [2.45, 2.75) is 37.8 Å². The van der Waals surface area contributed by atoms with E-state index in [9.17, 15) is 14.4 Å². The fourth-order valence-electron chi connectivity index (χ4n) is 5.30. The number of aryl methyl sites for hydroxylation is 1. The van der Waals surface area contributed by atoms with Gasteiger partial charge >= 0.3 is 5.69 Å². The molecule has 3 saturated heterocycles. The number of hydrogen-bond acceptors (Lipinski definition) is 6. The summed E-state index contributed by atoms with van der Waals surface area (Å²) in [7, 11) is 1.74. The van der Waals surface area contributed by atoms with Gasteiger partial charge in [-0.05, 0) is 50.6 Å². The van der Waals surface area contributed by atoms with Crippen molar-refractivity contribution in [2.24, 2.45) is 7.05 Å². The quantitative estimate of drug-likeness (QED) is 0.681. The number of benzene rings is 1. The molecule has 5 rings (SSSR count). The standard InChI is InChI=1S/C22H30N6O3/c1-25-19-14-16(27-12-10-26(11-13-27)15-6-8-23-9-7-15)2-3-17(19)28(22(25)31)18-4-5-20(29)24-21(18)30/h2-3,14-15,18,23H,4-13H2,1H3,(H,24,29,30). The third kappa shape index (κ3) is 3.65. The van der Waals surface area contributed by atoms with Gasteiger partial charge in [0.1, 0.15) is 6.04 Å². The zero-order valence-corrected chi connectivity index (χ0v) is 18.0. The Balaban J connectivity index is 1.37. The highest BCUT2D eigenvalue weighted by atomic mass is 16.2. The third-order valence-corrected chi connectivity index (χ3v) is 7.10. The molecule has 2 amide bonds. The molecule has 2 N–H and O–H groups in total. The molecule has 3 aliphatic heterocycles. The van der Waals surface area contributed by atoms with Crippen LogP contribution >= 0.6 is 0 Å². The number of imidazole rings is 1. The van der Waals surface area contributed by atoms with Gasteiger partial charge in [0, 0.05) is 51.4 Å². The van der Waals surface area contributed by atoms with Crippen LogP contribution in [-0.4, -0.2) is 71.2 Å². The molecular formula is C22H30N6O3. The fourth-order valence-corrected chi connectivity index (χ4v) is 5.30. The first-order valence-corrected chi connectivity index (χ1v) is 11.3. The van der Waals surface area contributed by atoms with Gasteiger partial charge in [0.15, 0.2) is 0 Å². The number of nitrogens with zero attached hydrogens (tertiary/aromatic N) is 4. The van der Waals surface area contributed by atoms with Crippen LogP contribution in [-0.2, 0) is 16.6 Å². The van der Waals surface area contributed by atoms with Crippen molar-refractivity contribution in [3.8, 4) is 0 Å². The van der Waals surface area contributed by atoms with Crippen LogP contribution in [0.25, 0.3) is 11.0 Å². The van der Waals surface area contributed by atoms with Crippen LogP contribution in [0.15, 0.2) is 23.0 Å². The topological polar surface area (TPSA) is 91.6 Å². The molecule has 166 valence electrons. The molecule has 0 radical (unpaired) electrons. The van der Waals surface area contributed by atoms with E-state index in [1.807, 2.05) is 12.1 Å². The van der Waals surface area contributed by atoms with Crippen LogP contribution in [0.1, 0.15) is 31.7 Å². The van der Waals surface area contributed by atoms with E-state index in [-0.39, 0.29) is 18.0 Å². The molecule has 1 aromatic carbocycles. The number of amides is 2. The Bertz CT molecular complexity index is 1060. The summed E-state index contributed by atoms with van der Waals surface area (Å²) in [5.74, 6) is -0.676. The number of hydrogen-bond donors (Lipinski definition) is 2. The summed E-state index contributed by atoms with van der Waals surface area (Å²) in [5, 5.41) is 5.80. The second-order valence-corrected chi connectivity index (χ2v) is 8.86. The molecule has 2 aromatic rings. The Kier molecular flexibility index (Phi) is 5.31. The van der Waals surface area contributed by atoms with E-state index in [0.717, 1.165) is 56.0 Å². The highest BCUT2D eigenvalue weighted by Crippen LogP contribution is 2.27. The minimum Gasteiger partial charge on any atom is -0.369 e. The molecule has 1 unspecified atom stereocenters. The van der Waals surface area contributed by atoms with Gasteiger partial charge < -0.3 is 10.2 Å². The zero-order valence-electron chi connectivity index (χ0n) is 18.0. The predicted molar refractivity (Wildman–Crippen MR) is 118 cm³/mol.